The number of nitrogens with two attached hydrogens (primary N) is 1. The Hall–Kier alpha value is -1.50. The summed E-state index contributed by atoms with van der Waals surface area (Å²) < 4.78 is 10.7. The summed E-state index contributed by atoms with van der Waals surface area (Å²) in [6.45, 7) is 2.97. The van der Waals surface area contributed by atoms with Gasteiger partial charge in [-0.1, -0.05) is 12.5 Å². The lowest BCUT2D eigenvalue weighted by atomic mass is 10.0. The number of hydrogen-bond acceptors (Lipinski definition) is 5. The van der Waals surface area contributed by atoms with Crippen LogP contribution in [0.5, 0.6) is 11.5 Å². The summed E-state index contributed by atoms with van der Waals surface area (Å²) in [5.74, 6) is 1.53. The molecule has 3 N–H and O–H groups in total. The maximum atomic E-state index is 11.7. The Morgan fingerprint density at radius 2 is 2.04 bits per heavy atom. The monoisotopic (exact) mass is 371 g/mol. The molecule has 25 heavy (non-hydrogen) atoms. The highest BCUT2D eigenvalue weighted by Gasteiger charge is 2.23. The first kappa shape index (κ1) is 21.5. The summed E-state index contributed by atoms with van der Waals surface area (Å²) in [6.07, 6.45) is 3.90. The first-order valence-electron chi connectivity index (χ1n) is 8.59. The maximum Gasteiger partial charge on any atom is 0.221 e. The zero-order chi connectivity index (χ0) is 17.4. The zero-order valence-corrected chi connectivity index (χ0v) is 15.9. The van der Waals surface area contributed by atoms with Crippen molar-refractivity contribution in [3.8, 4) is 11.5 Å². The third kappa shape index (κ3) is 6.38. The van der Waals surface area contributed by atoms with Crippen molar-refractivity contribution in [2.24, 2.45) is 5.73 Å². The maximum absolute atomic E-state index is 11.7. The van der Waals surface area contributed by atoms with E-state index in [-0.39, 0.29) is 18.3 Å². The van der Waals surface area contributed by atoms with Gasteiger partial charge in [0.2, 0.25) is 5.91 Å². The molecule has 1 amide bonds. The average molecular weight is 372 g/mol. The molecule has 1 unspecified atom stereocenters. The second kappa shape index (κ2) is 11.2. The lowest BCUT2D eigenvalue weighted by Gasteiger charge is -2.36. The van der Waals surface area contributed by atoms with Crippen LogP contribution in [-0.4, -0.2) is 50.7 Å². The Bertz CT molecular complexity index is 542. The molecular weight excluding hydrogens is 342 g/mol. The van der Waals surface area contributed by atoms with E-state index in [2.05, 4.69) is 16.3 Å². The van der Waals surface area contributed by atoms with Gasteiger partial charge in [0.15, 0.2) is 11.5 Å². The number of amides is 1. The molecule has 1 saturated heterocycles. The fourth-order valence-corrected chi connectivity index (χ4v) is 3.16. The van der Waals surface area contributed by atoms with Crippen LogP contribution >= 0.6 is 12.4 Å². The molecular formula is C18H30ClN3O3. The number of rotatable bonds is 8. The number of likely N-dealkylation sites (tertiary alicyclic amines) is 1. The van der Waals surface area contributed by atoms with Gasteiger partial charge in [-0.3, -0.25) is 9.69 Å². The van der Waals surface area contributed by atoms with Gasteiger partial charge in [-0.25, -0.2) is 0 Å². The Morgan fingerprint density at radius 1 is 1.28 bits per heavy atom. The van der Waals surface area contributed by atoms with E-state index >= 15 is 0 Å². The van der Waals surface area contributed by atoms with Crippen LogP contribution in [0.4, 0.5) is 0 Å². The van der Waals surface area contributed by atoms with Gasteiger partial charge < -0.3 is 20.5 Å². The van der Waals surface area contributed by atoms with Crippen molar-refractivity contribution in [1.29, 1.82) is 0 Å². The van der Waals surface area contributed by atoms with E-state index in [9.17, 15) is 4.79 Å². The molecule has 7 heteroatoms. The highest BCUT2D eigenvalue weighted by Crippen LogP contribution is 2.29. The number of halogens is 1. The van der Waals surface area contributed by atoms with Gasteiger partial charge in [0.1, 0.15) is 0 Å². The molecule has 0 aliphatic carbocycles. The first-order chi connectivity index (χ1) is 11.7. The molecule has 0 aromatic heterocycles. The Morgan fingerprint density at radius 3 is 2.72 bits per heavy atom. The van der Waals surface area contributed by atoms with Crippen molar-refractivity contribution in [1.82, 2.24) is 10.2 Å². The van der Waals surface area contributed by atoms with Crippen LogP contribution in [0.25, 0.3) is 0 Å². The van der Waals surface area contributed by atoms with Gasteiger partial charge >= 0.3 is 0 Å². The summed E-state index contributed by atoms with van der Waals surface area (Å²) in [4.78, 5) is 14.1. The van der Waals surface area contributed by atoms with Crippen LogP contribution in [0.2, 0.25) is 0 Å². The molecule has 0 saturated carbocycles. The molecule has 0 radical (unpaired) electrons. The standard InChI is InChI=1S/C18H29N3O3.ClH/c1-23-16-7-6-14(11-17(16)24-2)13-21-10-4-3-5-15(21)12-20-18(22)8-9-19;/h6-7,11,15H,3-5,8-10,12-13,19H2,1-2H3,(H,20,22);1H. The van der Waals surface area contributed by atoms with Crippen LogP contribution in [0.15, 0.2) is 18.2 Å². The van der Waals surface area contributed by atoms with E-state index in [0.717, 1.165) is 31.0 Å². The van der Waals surface area contributed by atoms with Crippen molar-refractivity contribution in [2.45, 2.75) is 38.3 Å². The SMILES string of the molecule is COc1ccc(CN2CCCCC2CNC(=O)CCN)cc1OC.Cl. The summed E-state index contributed by atoms with van der Waals surface area (Å²) in [6, 6.07) is 6.40. The van der Waals surface area contributed by atoms with Gasteiger partial charge in [-0.2, -0.15) is 0 Å². The summed E-state index contributed by atoms with van der Waals surface area (Å²) in [5, 5.41) is 3.00. The van der Waals surface area contributed by atoms with Crippen molar-refractivity contribution in [3.63, 3.8) is 0 Å². The zero-order valence-electron chi connectivity index (χ0n) is 15.1. The van der Waals surface area contributed by atoms with E-state index in [4.69, 9.17) is 15.2 Å². The van der Waals surface area contributed by atoms with Gasteiger partial charge in [-0.05, 0) is 37.1 Å². The summed E-state index contributed by atoms with van der Waals surface area (Å²) in [7, 11) is 3.29. The van der Waals surface area contributed by atoms with Gasteiger partial charge in [0, 0.05) is 32.1 Å². The normalized spacial score (nSPS) is 17.5. The molecule has 1 fully saturated rings. The van der Waals surface area contributed by atoms with Crippen LogP contribution in [0.1, 0.15) is 31.2 Å². The summed E-state index contributed by atoms with van der Waals surface area (Å²) in [5.41, 5.74) is 6.61. The minimum absolute atomic E-state index is 0. The minimum atomic E-state index is 0. The smallest absolute Gasteiger partial charge is 0.221 e. The van der Waals surface area contributed by atoms with Crippen LogP contribution < -0.4 is 20.5 Å². The van der Waals surface area contributed by atoms with E-state index in [1.54, 1.807) is 14.2 Å². The lowest BCUT2D eigenvalue weighted by Crippen LogP contribution is -2.46. The predicted octanol–water partition coefficient (Wildman–Crippen LogP) is 1.95. The highest BCUT2D eigenvalue weighted by molar-refractivity contribution is 5.85. The second-order valence-corrected chi connectivity index (χ2v) is 6.15. The van der Waals surface area contributed by atoms with Crippen LogP contribution in [0.3, 0.4) is 0 Å². The molecule has 0 spiro atoms. The largest absolute Gasteiger partial charge is 0.493 e. The molecule has 2 rings (SSSR count). The average Bonchev–Trinajstić information content (AvgIpc) is 2.61. The van der Waals surface area contributed by atoms with E-state index in [1.807, 2.05) is 12.1 Å². The van der Waals surface area contributed by atoms with Crippen molar-refractivity contribution < 1.29 is 14.3 Å². The van der Waals surface area contributed by atoms with Crippen LogP contribution in [-0.2, 0) is 11.3 Å². The number of carbonyl (C=O) groups is 1. The Kier molecular flexibility index (Phi) is 9.63. The topological polar surface area (TPSA) is 76.8 Å². The minimum Gasteiger partial charge on any atom is -0.493 e. The molecule has 142 valence electrons. The highest BCUT2D eigenvalue weighted by atomic mass is 35.5. The molecule has 1 aromatic carbocycles. The molecule has 1 aliphatic heterocycles. The number of piperidine rings is 1. The lowest BCUT2D eigenvalue weighted by molar-refractivity contribution is -0.121. The number of hydrogen-bond donors (Lipinski definition) is 2. The predicted molar refractivity (Wildman–Crippen MR) is 102 cm³/mol. The third-order valence-corrected chi connectivity index (χ3v) is 4.49. The first-order valence-corrected chi connectivity index (χ1v) is 8.59. The Labute approximate surface area is 156 Å². The Balaban J connectivity index is 0.00000312. The number of methoxy groups -OCH3 is 2. The number of benzene rings is 1. The van der Waals surface area contributed by atoms with Crippen molar-refractivity contribution in [2.75, 3.05) is 33.9 Å². The van der Waals surface area contributed by atoms with E-state index < -0.39 is 0 Å². The molecule has 1 atom stereocenters. The van der Waals surface area contributed by atoms with Gasteiger partial charge in [0.25, 0.3) is 0 Å². The summed E-state index contributed by atoms with van der Waals surface area (Å²) >= 11 is 0. The molecule has 1 aromatic rings. The van der Waals surface area contributed by atoms with Gasteiger partial charge in [0.05, 0.1) is 14.2 Å². The molecule has 6 nitrogen and oxygen atoms in total. The van der Waals surface area contributed by atoms with E-state index in [1.165, 1.54) is 18.4 Å². The second-order valence-electron chi connectivity index (χ2n) is 6.15. The molecule has 1 aliphatic rings. The number of nitrogens with one attached hydrogen (secondary N) is 1. The number of carbonyl (C=O) groups excluding carboxylic acids is 1. The van der Waals surface area contributed by atoms with E-state index in [0.29, 0.717) is 25.6 Å². The van der Waals surface area contributed by atoms with Gasteiger partial charge in [-0.15, -0.1) is 12.4 Å². The quantitative estimate of drug-likeness (QED) is 0.730. The van der Waals surface area contributed by atoms with Crippen molar-refractivity contribution in [3.05, 3.63) is 23.8 Å². The molecule has 1 heterocycles. The number of ether oxygens (including phenoxy) is 2. The third-order valence-electron chi connectivity index (χ3n) is 4.49. The number of nitrogens with zero attached hydrogens (tertiary/aromatic N) is 1. The van der Waals surface area contributed by atoms with Crippen molar-refractivity contribution >= 4 is 18.3 Å². The van der Waals surface area contributed by atoms with Crippen LogP contribution in [0, 0.1) is 0 Å². The fourth-order valence-electron chi connectivity index (χ4n) is 3.16. The fraction of sp³-hybridized carbons (Fsp3) is 0.611. The molecule has 0 bridgehead atoms.